The Labute approximate surface area is 253 Å². The van der Waals surface area contributed by atoms with E-state index in [1.165, 1.54) is 30.5 Å². The average molecular weight is 626 g/mol. The summed E-state index contributed by atoms with van der Waals surface area (Å²) < 4.78 is 65.6. The third-order valence-electron chi connectivity index (χ3n) is 6.45. The fourth-order valence-electron chi connectivity index (χ4n) is 4.38. The van der Waals surface area contributed by atoms with E-state index in [4.69, 9.17) is 23.4 Å². The minimum atomic E-state index is -4.44. The highest BCUT2D eigenvalue weighted by Crippen LogP contribution is 2.38. The van der Waals surface area contributed by atoms with Crippen LogP contribution in [0.1, 0.15) is 41.0 Å². The molecule has 0 N–H and O–H groups in total. The summed E-state index contributed by atoms with van der Waals surface area (Å²) in [4.78, 5) is 28.8. The van der Waals surface area contributed by atoms with Gasteiger partial charge in [0.1, 0.15) is 13.2 Å². The molecule has 0 radical (unpaired) electrons. The van der Waals surface area contributed by atoms with Crippen molar-refractivity contribution in [3.63, 3.8) is 0 Å². The molecule has 0 fully saturated rings. The Hall–Kier alpha value is -3.09. The van der Waals surface area contributed by atoms with E-state index in [1.54, 1.807) is 12.1 Å². The largest absolute Gasteiger partial charge is 0.475 e. The zero-order valence-corrected chi connectivity index (χ0v) is 25.8. The number of fused-ring (bicyclic) bond motifs is 1. The minimum absolute atomic E-state index is 0.0385. The molecule has 2 aromatic heterocycles. The number of hydrogen-bond donors (Lipinski definition) is 0. The molecule has 3 rings (SSSR count). The Morgan fingerprint density at radius 3 is 2.33 bits per heavy atom. The van der Waals surface area contributed by atoms with E-state index in [0.717, 1.165) is 6.42 Å². The van der Waals surface area contributed by atoms with Gasteiger partial charge >= 0.3 is 17.1 Å². The van der Waals surface area contributed by atoms with Gasteiger partial charge in [-0.2, -0.15) is 13.2 Å². The molecule has 0 spiro atoms. The van der Waals surface area contributed by atoms with Crippen molar-refractivity contribution < 1.29 is 41.3 Å². The molecule has 0 bridgehead atoms. The number of carbonyl (C=O) groups excluding carboxylic acids is 1. The van der Waals surface area contributed by atoms with Crippen molar-refractivity contribution in [2.45, 2.75) is 51.4 Å². The van der Waals surface area contributed by atoms with Gasteiger partial charge in [-0.3, -0.25) is 4.79 Å². The maximum Gasteiger partial charge on any atom is 0.446 e. The van der Waals surface area contributed by atoms with Crippen molar-refractivity contribution in [2.24, 2.45) is 17.3 Å². The van der Waals surface area contributed by atoms with Gasteiger partial charge in [-0.05, 0) is 53.3 Å². The van der Waals surface area contributed by atoms with E-state index in [9.17, 15) is 22.8 Å². The van der Waals surface area contributed by atoms with Crippen LogP contribution in [0.2, 0.25) is 0 Å². The van der Waals surface area contributed by atoms with Crippen LogP contribution in [-0.2, 0) is 19.0 Å². The van der Waals surface area contributed by atoms with Crippen molar-refractivity contribution >= 4 is 28.7 Å². The Morgan fingerprint density at radius 2 is 1.65 bits per heavy atom. The summed E-state index contributed by atoms with van der Waals surface area (Å²) in [5.74, 6) is 0.0943. The number of thioether (sulfide) groups is 1. The van der Waals surface area contributed by atoms with Crippen LogP contribution in [-0.4, -0.2) is 56.1 Å². The number of rotatable bonds is 15. The highest BCUT2D eigenvalue weighted by Gasteiger charge is 2.29. The molecule has 2 unspecified atom stereocenters. The summed E-state index contributed by atoms with van der Waals surface area (Å²) in [6.45, 7) is 12.0. The lowest BCUT2D eigenvalue weighted by molar-refractivity contribution is -0.151. The number of halogens is 3. The van der Waals surface area contributed by atoms with Gasteiger partial charge in [0, 0.05) is 16.3 Å². The molecule has 2 atom stereocenters. The van der Waals surface area contributed by atoms with Crippen LogP contribution in [0.5, 0.6) is 5.88 Å². The van der Waals surface area contributed by atoms with Gasteiger partial charge < -0.3 is 23.4 Å². The molecular weight excluding hydrogens is 587 g/mol. The maximum atomic E-state index is 12.8. The first-order valence-corrected chi connectivity index (χ1v) is 14.8. The van der Waals surface area contributed by atoms with E-state index in [2.05, 4.69) is 32.7 Å². The number of carbonyl (C=O) groups is 1. The first kappa shape index (κ1) is 34.4. The molecule has 0 saturated heterocycles. The predicted molar refractivity (Wildman–Crippen MR) is 158 cm³/mol. The third kappa shape index (κ3) is 11.8. The van der Waals surface area contributed by atoms with Gasteiger partial charge in [0.2, 0.25) is 5.88 Å². The normalized spacial score (nSPS) is 13.6. The van der Waals surface area contributed by atoms with Crippen LogP contribution >= 0.6 is 11.8 Å². The number of pyridine rings is 1. The number of ether oxygens (including phenoxy) is 4. The predicted octanol–water partition coefficient (Wildman–Crippen LogP) is 7.13. The van der Waals surface area contributed by atoms with E-state index in [-0.39, 0.29) is 83.3 Å². The molecule has 2 heterocycles. The summed E-state index contributed by atoms with van der Waals surface area (Å²) in [5.41, 5.74) is -4.34. The van der Waals surface area contributed by atoms with Crippen LogP contribution < -0.4 is 10.4 Å². The molecule has 3 aromatic rings. The topological polar surface area (TPSA) is 97.1 Å². The quantitative estimate of drug-likeness (QED) is 0.0993. The first-order valence-electron chi connectivity index (χ1n) is 14.0. The van der Waals surface area contributed by atoms with Crippen molar-refractivity contribution in [3.8, 4) is 17.0 Å². The van der Waals surface area contributed by atoms with Gasteiger partial charge in [0.25, 0.3) is 0 Å². The Kier molecular flexibility index (Phi) is 12.5. The second kappa shape index (κ2) is 15.6. The van der Waals surface area contributed by atoms with Gasteiger partial charge in [0.15, 0.2) is 5.58 Å². The van der Waals surface area contributed by atoms with E-state index in [1.807, 2.05) is 6.92 Å². The zero-order chi connectivity index (χ0) is 31.6. The summed E-state index contributed by atoms with van der Waals surface area (Å²) in [7, 11) is 0. The summed E-state index contributed by atoms with van der Waals surface area (Å²) >= 11 is -0.256. The van der Waals surface area contributed by atoms with Gasteiger partial charge in [-0.25, -0.2) is 9.78 Å². The second-order valence-electron chi connectivity index (χ2n) is 11.4. The number of hydrogen-bond acceptors (Lipinski definition) is 9. The van der Waals surface area contributed by atoms with Crippen molar-refractivity contribution in [2.75, 3.05) is 39.6 Å². The van der Waals surface area contributed by atoms with E-state index in [0.29, 0.717) is 24.2 Å². The highest BCUT2D eigenvalue weighted by molar-refractivity contribution is 8.00. The van der Waals surface area contributed by atoms with Gasteiger partial charge in [-0.15, -0.1) is 0 Å². The fraction of sp³-hybridized carbons (Fsp3) is 0.516. The molecule has 8 nitrogen and oxygen atoms in total. The lowest BCUT2D eigenvalue weighted by Gasteiger charge is -2.26. The smallest absolute Gasteiger partial charge is 0.446 e. The zero-order valence-electron chi connectivity index (χ0n) is 25.0. The SMILES string of the molecule is CC(CC(C)(C)C)C(C)C(=O)OCCOCCOCCOc1cc2cc(-c3cccc(SC(F)(F)F)c3)c(=O)oc2cn1. The van der Waals surface area contributed by atoms with Crippen LogP contribution in [0.15, 0.2) is 56.7 Å². The molecule has 43 heavy (non-hydrogen) atoms. The molecule has 236 valence electrons. The second-order valence-corrected chi connectivity index (χ2v) is 12.5. The van der Waals surface area contributed by atoms with Crippen LogP contribution in [0.3, 0.4) is 0 Å². The van der Waals surface area contributed by atoms with Crippen LogP contribution in [0, 0.1) is 17.3 Å². The standard InChI is InChI=1S/C31H38F3NO7S/c1-20(18-30(3,4)5)21(2)28(36)41-14-12-39-10-9-38-11-13-40-27-17-23-16-25(29(37)42-26(23)19-35-27)22-7-6-8-24(15-22)43-31(32,33)34/h6-8,15-17,19-21H,9-14,18H2,1-5H3. The molecule has 12 heteroatoms. The molecule has 0 aliphatic heterocycles. The molecular formula is C31H38F3NO7S. The highest BCUT2D eigenvalue weighted by atomic mass is 32.2. The summed E-state index contributed by atoms with van der Waals surface area (Å²) in [5, 5.41) is 0.501. The van der Waals surface area contributed by atoms with Crippen molar-refractivity contribution in [1.29, 1.82) is 0 Å². The Balaban J connectivity index is 1.38. The monoisotopic (exact) mass is 625 g/mol. The van der Waals surface area contributed by atoms with Crippen molar-refractivity contribution in [1.82, 2.24) is 4.98 Å². The maximum absolute atomic E-state index is 12.8. The summed E-state index contributed by atoms with van der Waals surface area (Å²) in [6, 6.07) is 8.71. The Bertz CT molecular complexity index is 1400. The molecule has 0 saturated carbocycles. The van der Waals surface area contributed by atoms with Gasteiger partial charge in [0.05, 0.1) is 44.1 Å². The fourth-order valence-corrected chi connectivity index (χ4v) is 4.98. The molecule has 0 aliphatic carbocycles. The molecule has 0 aliphatic rings. The average Bonchev–Trinajstić information content (AvgIpc) is 2.91. The third-order valence-corrected chi connectivity index (χ3v) is 7.18. The van der Waals surface area contributed by atoms with Crippen LogP contribution in [0.25, 0.3) is 22.1 Å². The number of esters is 1. The van der Waals surface area contributed by atoms with Gasteiger partial charge in [-0.1, -0.05) is 46.8 Å². The lowest BCUT2D eigenvalue weighted by Crippen LogP contribution is -2.26. The number of nitrogens with zero attached hydrogens (tertiary/aromatic N) is 1. The van der Waals surface area contributed by atoms with Crippen LogP contribution in [0.4, 0.5) is 13.2 Å². The lowest BCUT2D eigenvalue weighted by atomic mass is 9.80. The number of aromatic nitrogens is 1. The number of alkyl halides is 3. The minimum Gasteiger partial charge on any atom is -0.475 e. The van der Waals surface area contributed by atoms with E-state index < -0.39 is 11.1 Å². The van der Waals surface area contributed by atoms with E-state index >= 15 is 0 Å². The van der Waals surface area contributed by atoms with Crippen molar-refractivity contribution in [3.05, 3.63) is 53.0 Å². The molecule has 0 amide bonds. The molecule has 1 aromatic carbocycles. The first-order chi connectivity index (χ1) is 20.2. The number of benzene rings is 1. The Morgan fingerprint density at radius 1 is 0.977 bits per heavy atom. The summed E-state index contributed by atoms with van der Waals surface area (Å²) in [6.07, 6.45) is 2.28.